The number of fused-ring (bicyclic) bond motifs is 1. The lowest BCUT2D eigenvalue weighted by Gasteiger charge is -2.17. The Labute approximate surface area is 155 Å². The lowest BCUT2D eigenvalue weighted by Crippen LogP contribution is -2.22. The molecule has 24 heavy (non-hydrogen) atoms. The average molecular weight is 386 g/mol. The Morgan fingerprint density at radius 3 is 2.67 bits per heavy atom. The standard InChI is InChI=1S/C17H15Cl3N2O2/c18-17(19,20)10-24-16(23)22-15-12-7-4-8-14(12)21-9-13(15)11-5-2-1-3-6-11/h1-3,5-6,9H,4,7-8,10H2,(H,21,22,23). The highest BCUT2D eigenvalue weighted by Crippen LogP contribution is 2.36. The molecule has 0 radical (unpaired) electrons. The molecule has 0 atom stereocenters. The number of benzene rings is 1. The van der Waals surface area contributed by atoms with Crippen LogP contribution in [0.1, 0.15) is 17.7 Å². The number of pyridine rings is 1. The summed E-state index contributed by atoms with van der Waals surface area (Å²) in [6, 6.07) is 9.75. The number of amides is 1. The van der Waals surface area contributed by atoms with Gasteiger partial charge in [0.2, 0.25) is 3.79 Å². The summed E-state index contributed by atoms with van der Waals surface area (Å²) in [6.07, 6.45) is 3.91. The third kappa shape index (κ3) is 4.12. The first-order valence-corrected chi connectivity index (χ1v) is 8.64. The van der Waals surface area contributed by atoms with Crippen molar-refractivity contribution in [2.24, 2.45) is 0 Å². The molecule has 0 saturated heterocycles. The first kappa shape index (κ1) is 17.3. The molecule has 1 aliphatic rings. The van der Waals surface area contributed by atoms with E-state index < -0.39 is 9.89 Å². The maximum Gasteiger partial charge on any atom is 0.411 e. The van der Waals surface area contributed by atoms with Crippen molar-refractivity contribution in [3.8, 4) is 11.1 Å². The van der Waals surface area contributed by atoms with Gasteiger partial charge in [-0.1, -0.05) is 65.1 Å². The number of rotatable bonds is 3. The van der Waals surface area contributed by atoms with E-state index in [2.05, 4.69) is 10.3 Å². The maximum absolute atomic E-state index is 12.1. The van der Waals surface area contributed by atoms with Crippen LogP contribution in [0.3, 0.4) is 0 Å². The molecule has 1 heterocycles. The number of anilines is 1. The van der Waals surface area contributed by atoms with E-state index in [1.165, 1.54) is 0 Å². The van der Waals surface area contributed by atoms with Crippen molar-refractivity contribution in [1.82, 2.24) is 4.98 Å². The largest absolute Gasteiger partial charge is 0.445 e. The minimum atomic E-state index is -1.64. The van der Waals surface area contributed by atoms with Crippen molar-refractivity contribution in [2.45, 2.75) is 23.1 Å². The van der Waals surface area contributed by atoms with Crippen molar-refractivity contribution in [3.63, 3.8) is 0 Å². The summed E-state index contributed by atoms with van der Waals surface area (Å²) < 4.78 is 3.36. The summed E-state index contributed by atoms with van der Waals surface area (Å²) >= 11 is 16.9. The highest BCUT2D eigenvalue weighted by molar-refractivity contribution is 6.67. The zero-order valence-corrected chi connectivity index (χ0v) is 15.0. The summed E-state index contributed by atoms with van der Waals surface area (Å²) in [5, 5.41) is 2.80. The molecule has 1 N–H and O–H groups in total. The zero-order chi connectivity index (χ0) is 17.2. The smallest absolute Gasteiger partial charge is 0.411 e. The van der Waals surface area contributed by atoms with Gasteiger partial charge in [0.25, 0.3) is 0 Å². The number of alkyl halides is 3. The monoisotopic (exact) mass is 384 g/mol. The van der Waals surface area contributed by atoms with Crippen LogP contribution < -0.4 is 5.32 Å². The first-order valence-electron chi connectivity index (χ1n) is 7.51. The second-order valence-corrected chi connectivity index (χ2v) is 8.02. The molecule has 0 spiro atoms. The Kier molecular flexibility index (Phi) is 5.18. The van der Waals surface area contributed by atoms with Crippen molar-refractivity contribution in [1.29, 1.82) is 0 Å². The second kappa shape index (κ2) is 7.18. The molecule has 1 aromatic heterocycles. The van der Waals surface area contributed by atoms with Crippen LogP contribution >= 0.6 is 34.8 Å². The van der Waals surface area contributed by atoms with Gasteiger partial charge in [-0.15, -0.1) is 0 Å². The van der Waals surface area contributed by atoms with Crippen LogP contribution in [0.2, 0.25) is 0 Å². The zero-order valence-electron chi connectivity index (χ0n) is 12.7. The van der Waals surface area contributed by atoms with Gasteiger partial charge >= 0.3 is 6.09 Å². The van der Waals surface area contributed by atoms with E-state index >= 15 is 0 Å². The fourth-order valence-electron chi connectivity index (χ4n) is 2.77. The Balaban J connectivity index is 1.91. The van der Waals surface area contributed by atoms with E-state index in [-0.39, 0.29) is 6.61 Å². The predicted molar refractivity (Wildman–Crippen MR) is 97.0 cm³/mol. The van der Waals surface area contributed by atoms with Crippen molar-refractivity contribution >= 4 is 46.6 Å². The number of aryl methyl sites for hydroxylation is 1. The molecule has 3 rings (SSSR count). The van der Waals surface area contributed by atoms with E-state index in [1.807, 2.05) is 30.3 Å². The number of carbonyl (C=O) groups is 1. The van der Waals surface area contributed by atoms with Gasteiger partial charge in [-0.3, -0.25) is 10.3 Å². The number of aromatic nitrogens is 1. The van der Waals surface area contributed by atoms with Gasteiger partial charge in [-0.05, 0) is 30.4 Å². The molecule has 0 aliphatic heterocycles. The highest BCUT2D eigenvalue weighted by atomic mass is 35.6. The lowest BCUT2D eigenvalue weighted by atomic mass is 10.0. The van der Waals surface area contributed by atoms with Gasteiger partial charge in [-0.2, -0.15) is 0 Å². The minimum absolute atomic E-state index is 0.322. The molecule has 7 heteroatoms. The lowest BCUT2D eigenvalue weighted by molar-refractivity contribution is 0.164. The van der Waals surface area contributed by atoms with Crippen LogP contribution in [0, 0.1) is 0 Å². The third-order valence-corrected chi connectivity index (χ3v) is 4.12. The van der Waals surface area contributed by atoms with E-state index in [9.17, 15) is 4.79 Å². The molecule has 0 saturated carbocycles. The van der Waals surface area contributed by atoms with E-state index in [0.717, 1.165) is 47.3 Å². The number of halogens is 3. The SMILES string of the molecule is O=C(Nc1c(-c2ccccc2)cnc2c1CCC2)OCC(Cl)(Cl)Cl. The Hall–Kier alpha value is -1.49. The first-order chi connectivity index (χ1) is 11.4. The van der Waals surface area contributed by atoms with E-state index in [0.29, 0.717) is 0 Å². The molecule has 0 unspecified atom stereocenters. The highest BCUT2D eigenvalue weighted by Gasteiger charge is 2.25. The Morgan fingerprint density at radius 1 is 1.21 bits per heavy atom. The molecule has 1 amide bonds. The molecule has 0 fully saturated rings. The van der Waals surface area contributed by atoms with Crippen LogP contribution in [-0.4, -0.2) is 21.5 Å². The van der Waals surface area contributed by atoms with E-state index in [4.69, 9.17) is 39.5 Å². The molecule has 1 aliphatic carbocycles. The van der Waals surface area contributed by atoms with E-state index in [1.54, 1.807) is 6.20 Å². The quantitative estimate of drug-likeness (QED) is 0.743. The van der Waals surface area contributed by atoms with Crippen molar-refractivity contribution in [3.05, 3.63) is 47.8 Å². The van der Waals surface area contributed by atoms with Gasteiger partial charge in [0.1, 0.15) is 6.61 Å². The molecule has 0 bridgehead atoms. The Morgan fingerprint density at radius 2 is 1.96 bits per heavy atom. The van der Waals surface area contributed by atoms with Crippen LogP contribution in [0.5, 0.6) is 0 Å². The molecule has 126 valence electrons. The second-order valence-electron chi connectivity index (χ2n) is 5.51. The topological polar surface area (TPSA) is 51.2 Å². The van der Waals surface area contributed by atoms with Gasteiger partial charge < -0.3 is 4.74 Å². The van der Waals surface area contributed by atoms with Crippen LogP contribution in [0.15, 0.2) is 36.5 Å². The molecule has 4 nitrogen and oxygen atoms in total. The van der Waals surface area contributed by atoms with Crippen LogP contribution in [0.4, 0.5) is 10.5 Å². The molecular formula is C17H15Cl3N2O2. The van der Waals surface area contributed by atoms with Gasteiger partial charge in [0, 0.05) is 17.5 Å². The number of ether oxygens (including phenoxy) is 1. The average Bonchev–Trinajstić information content (AvgIpc) is 3.02. The van der Waals surface area contributed by atoms with Crippen molar-refractivity contribution < 1.29 is 9.53 Å². The number of carbonyl (C=O) groups excluding carboxylic acids is 1. The minimum Gasteiger partial charge on any atom is -0.445 e. The summed E-state index contributed by atoms with van der Waals surface area (Å²) in [5.74, 6) is 0. The number of hydrogen-bond donors (Lipinski definition) is 1. The fraction of sp³-hybridized carbons (Fsp3) is 0.294. The van der Waals surface area contributed by atoms with Gasteiger partial charge in [-0.25, -0.2) is 4.79 Å². The number of nitrogens with one attached hydrogen (secondary N) is 1. The molecule has 1 aromatic carbocycles. The molecule has 2 aromatic rings. The normalized spacial score (nSPS) is 13.5. The van der Waals surface area contributed by atoms with Crippen LogP contribution in [0.25, 0.3) is 11.1 Å². The Bertz CT molecular complexity index is 745. The predicted octanol–water partition coefficient (Wildman–Crippen LogP) is 5.16. The number of hydrogen-bond acceptors (Lipinski definition) is 3. The summed E-state index contributed by atoms with van der Waals surface area (Å²) in [6.45, 7) is -0.322. The van der Waals surface area contributed by atoms with Gasteiger partial charge in [0.05, 0.1) is 5.69 Å². The number of nitrogens with zero attached hydrogens (tertiary/aromatic N) is 1. The van der Waals surface area contributed by atoms with Gasteiger partial charge in [0.15, 0.2) is 0 Å². The van der Waals surface area contributed by atoms with Crippen molar-refractivity contribution in [2.75, 3.05) is 11.9 Å². The third-order valence-electron chi connectivity index (χ3n) is 3.79. The summed E-state index contributed by atoms with van der Waals surface area (Å²) in [4.78, 5) is 16.6. The summed E-state index contributed by atoms with van der Waals surface area (Å²) in [5.41, 5.74) is 4.59. The fourth-order valence-corrected chi connectivity index (χ4v) is 2.94. The van der Waals surface area contributed by atoms with Crippen LogP contribution in [-0.2, 0) is 17.6 Å². The summed E-state index contributed by atoms with van der Waals surface area (Å²) in [7, 11) is 0. The maximum atomic E-state index is 12.1. The molecular weight excluding hydrogens is 371 g/mol.